The smallest absolute Gasteiger partial charge is 0.0752 e. The van der Waals surface area contributed by atoms with Gasteiger partial charge in [-0.05, 0) is 24.6 Å². The van der Waals surface area contributed by atoms with E-state index in [9.17, 15) is 0 Å². The zero-order valence-corrected chi connectivity index (χ0v) is 11.4. The summed E-state index contributed by atoms with van der Waals surface area (Å²) in [5.74, 6) is 0. The molecule has 0 saturated carbocycles. The lowest BCUT2D eigenvalue weighted by Crippen LogP contribution is -2.21. The normalized spacial score (nSPS) is 11.3. The third-order valence-electron chi connectivity index (χ3n) is 2.48. The fourth-order valence-corrected chi connectivity index (χ4v) is 2.58. The summed E-state index contributed by atoms with van der Waals surface area (Å²) in [6.45, 7) is 8.23. The van der Waals surface area contributed by atoms with E-state index >= 15 is 0 Å². The number of hydrogen-bond donors (Lipinski definition) is 1. The molecule has 0 saturated heterocycles. The summed E-state index contributed by atoms with van der Waals surface area (Å²) in [4.78, 5) is 2.74. The van der Waals surface area contributed by atoms with Gasteiger partial charge in [0.05, 0.1) is 12.7 Å². The molecule has 1 N–H and O–H groups in total. The Morgan fingerprint density at radius 3 is 2.76 bits per heavy atom. The average Bonchev–Trinajstić information content (AvgIpc) is 2.86. The van der Waals surface area contributed by atoms with E-state index in [4.69, 9.17) is 0 Å². The first-order valence-corrected chi connectivity index (χ1v) is 6.75. The Balaban J connectivity index is 1.94. The maximum Gasteiger partial charge on any atom is 0.0752 e. The van der Waals surface area contributed by atoms with Crippen molar-refractivity contribution in [2.45, 2.75) is 39.9 Å². The summed E-state index contributed by atoms with van der Waals surface area (Å²) in [7, 11) is 0. The minimum absolute atomic E-state index is 0.536. The van der Waals surface area contributed by atoms with Crippen LogP contribution < -0.4 is 5.32 Å². The first-order valence-electron chi connectivity index (χ1n) is 5.93. The number of nitrogens with zero attached hydrogens (tertiary/aromatic N) is 2. The molecule has 2 heterocycles. The molecule has 0 aliphatic rings. The number of hydrogen-bond acceptors (Lipinski definition) is 3. The highest BCUT2D eigenvalue weighted by molar-refractivity contribution is 7.11. The second-order valence-electron chi connectivity index (χ2n) is 4.62. The molecule has 2 aromatic rings. The van der Waals surface area contributed by atoms with Crippen LogP contribution in [-0.4, -0.2) is 15.8 Å². The zero-order chi connectivity index (χ0) is 12.3. The minimum atomic E-state index is 0.536. The van der Waals surface area contributed by atoms with Gasteiger partial charge in [-0.25, -0.2) is 0 Å². The van der Waals surface area contributed by atoms with Gasteiger partial charge in [0, 0.05) is 28.5 Å². The van der Waals surface area contributed by atoms with Gasteiger partial charge >= 0.3 is 0 Å². The molecule has 0 aliphatic carbocycles. The van der Waals surface area contributed by atoms with Crippen LogP contribution in [0.3, 0.4) is 0 Å². The van der Waals surface area contributed by atoms with E-state index in [1.54, 1.807) is 0 Å². The van der Waals surface area contributed by atoms with Gasteiger partial charge < -0.3 is 5.32 Å². The largest absolute Gasteiger partial charge is 0.310 e. The van der Waals surface area contributed by atoms with Crippen LogP contribution >= 0.6 is 11.3 Å². The first kappa shape index (κ1) is 12.3. The van der Waals surface area contributed by atoms with Gasteiger partial charge in [-0.3, -0.25) is 4.68 Å². The van der Waals surface area contributed by atoms with E-state index in [0.29, 0.717) is 6.04 Å². The van der Waals surface area contributed by atoms with Crippen molar-refractivity contribution in [3.63, 3.8) is 0 Å². The summed E-state index contributed by atoms with van der Waals surface area (Å²) in [5, 5.41) is 7.73. The van der Waals surface area contributed by atoms with Crippen LogP contribution in [0.5, 0.6) is 0 Å². The molecule has 0 amide bonds. The van der Waals surface area contributed by atoms with Gasteiger partial charge in [-0.15, -0.1) is 11.3 Å². The van der Waals surface area contributed by atoms with Crippen LogP contribution in [0, 0.1) is 6.92 Å². The van der Waals surface area contributed by atoms with Gasteiger partial charge in [0.15, 0.2) is 0 Å². The molecule has 0 fully saturated rings. The van der Waals surface area contributed by atoms with Crippen molar-refractivity contribution in [1.29, 1.82) is 0 Å². The molecule has 0 bridgehead atoms. The average molecular weight is 249 g/mol. The molecule has 92 valence electrons. The highest BCUT2D eigenvalue weighted by atomic mass is 32.1. The van der Waals surface area contributed by atoms with Crippen molar-refractivity contribution in [2.24, 2.45) is 0 Å². The Bertz CT molecular complexity index is 470. The van der Waals surface area contributed by atoms with E-state index in [1.165, 1.54) is 15.3 Å². The number of nitrogens with one attached hydrogen (secondary N) is 1. The molecular weight excluding hydrogens is 230 g/mol. The molecule has 0 unspecified atom stereocenters. The first-order chi connectivity index (χ1) is 8.13. The molecule has 3 nitrogen and oxygen atoms in total. The summed E-state index contributed by atoms with van der Waals surface area (Å²) in [5.41, 5.74) is 1.21. The molecule has 0 spiro atoms. The molecule has 0 aromatic carbocycles. The molecule has 2 aromatic heterocycles. The summed E-state index contributed by atoms with van der Waals surface area (Å²) >= 11 is 1.86. The molecular formula is C13H19N3S. The quantitative estimate of drug-likeness (QED) is 0.883. The fourth-order valence-electron chi connectivity index (χ4n) is 1.62. The van der Waals surface area contributed by atoms with E-state index < -0.39 is 0 Å². The molecule has 4 heteroatoms. The Hall–Kier alpha value is -1.13. The number of aryl methyl sites for hydroxylation is 1. The summed E-state index contributed by atoms with van der Waals surface area (Å²) in [6, 6.07) is 4.93. The van der Waals surface area contributed by atoms with Crippen LogP contribution in [0.25, 0.3) is 0 Å². The van der Waals surface area contributed by atoms with E-state index in [-0.39, 0.29) is 0 Å². The maximum atomic E-state index is 4.30. The third kappa shape index (κ3) is 3.68. The summed E-state index contributed by atoms with van der Waals surface area (Å²) in [6.07, 6.45) is 3.97. The Kier molecular flexibility index (Phi) is 3.97. The molecule has 0 aliphatic heterocycles. The van der Waals surface area contributed by atoms with Crippen LogP contribution in [0.4, 0.5) is 0 Å². The van der Waals surface area contributed by atoms with Crippen LogP contribution in [0.1, 0.15) is 29.2 Å². The molecule has 0 radical (unpaired) electrons. The highest BCUT2D eigenvalue weighted by Crippen LogP contribution is 2.17. The standard InChI is InChI=1S/C13H19N3S/c1-10(2)14-7-12-4-5-13(17-12)9-16-8-11(3)6-15-16/h4-6,8,10,14H,7,9H2,1-3H3. The van der Waals surface area contributed by atoms with Crippen molar-refractivity contribution >= 4 is 11.3 Å². The summed E-state index contributed by atoms with van der Waals surface area (Å²) < 4.78 is 1.99. The topological polar surface area (TPSA) is 29.9 Å². The van der Waals surface area contributed by atoms with Crippen molar-refractivity contribution in [3.8, 4) is 0 Å². The van der Waals surface area contributed by atoms with Crippen molar-refractivity contribution in [3.05, 3.63) is 39.8 Å². The van der Waals surface area contributed by atoms with Crippen LogP contribution in [0.15, 0.2) is 24.5 Å². The van der Waals surface area contributed by atoms with Crippen molar-refractivity contribution in [1.82, 2.24) is 15.1 Å². The number of rotatable bonds is 5. The second kappa shape index (κ2) is 5.47. The predicted octanol–water partition coefficient (Wildman–Crippen LogP) is 2.80. The van der Waals surface area contributed by atoms with Crippen molar-refractivity contribution in [2.75, 3.05) is 0 Å². The number of thiophene rings is 1. The van der Waals surface area contributed by atoms with Crippen molar-refractivity contribution < 1.29 is 0 Å². The Morgan fingerprint density at radius 1 is 1.35 bits per heavy atom. The lowest BCUT2D eigenvalue weighted by atomic mass is 10.3. The highest BCUT2D eigenvalue weighted by Gasteiger charge is 2.02. The molecule has 2 rings (SSSR count). The van der Waals surface area contributed by atoms with Crippen LogP contribution in [-0.2, 0) is 13.1 Å². The fraction of sp³-hybridized carbons (Fsp3) is 0.462. The number of aromatic nitrogens is 2. The Morgan fingerprint density at radius 2 is 2.12 bits per heavy atom. The zero-order valence-electron chi connectivity index (χ0n) is 10.6. The Labute approximate surface area is 106 Å². The lowest BCUT2D eigenvalue weighted by Gasteiger charge is -2.05. The van der Waals surface area contributed by atoms with E-state index in [1.807, 2.05) is 22.2 Å². The third-order valence-corrected chi connectivity index (χ3v) is 3.55. The minimum Gasteiger partial charge on any atom is -0.310 e. The van der Waals surface area contributed by atoms with Gasteiger partial charge in [-0.2, -0.15) is 5.10 Å². The maximum absolute atomic E-state index is 4.30. The van der Waals surface area contributed by atoms with E-state index in [2.05, 4.69) is 49.5 Å². The van der Waals surface area contributed by atoms with E-state index in [0.717, 1.165) is 13.1 Å². The predicted molar refractivity (Wildman–Crippen MR) is 72.4 cm³/mol. The lowest BCUT2D eigenvalue weighted by molar-refractivity contribution is 0.593. The van der Waals surface area contributed by atoms with Gasteiger partial charge in [-0.1, -0.05) is 13.8 Å². The second-order valence-corrected chi connectivity index (χ2v) is 5.87. The van der Waals surface area contributed by atoms with Crippen LogP contribution in [0.2, 0.25) is 0 Å². The SMILES string of the molecule is Cc1cnn(Cc2ccc(CNC(C)C)s2)c1. The van der Waals surface area contributed by atoms with Gasteiger partial charge in [0.2, 0.25) is 0 Å². The van der Waals surface area contributed by atoms with Gasteiger partial charge in [0.25, 0.3) is 0 Å². The monoisotopic (exact) mass is 249 g/mol. The molecule has 17 heavy (non-hydrogen) atoms. The van der Waals surface area contributed by atoms with Gasteiger partial charge in [0.1, 0.15) is 0 Å². The molecule has 0 atom stereocenters.